The Balaban J connectivity index is 0.666. The summed E-state index contributed by atoms with van der Waals surface area (Å²) in [5, 5.41) is 24.1. The number of likely N-dealkylation sites (tertiary alicyclic amines) is 1. The quantitative estimate of drug-likeness (QED) is 0.0882. The normalized spacial score (nSPS) is 21.9. The van der Waals surface area contributed by atoms with E-state index in [1.54, 1.807) is 10.6 Å². The molecule has 3 fully saturated rings. The van der Waals surface area contributed by atoms with Gasteiger partial charge in [0.25, 0.3) is 5.91 Å². The number of anilines is 4. The molecule has 17 heteroatoms. The minimum Gasteiger partial charge on any atom is -0.384 e. The van der Waals surface area contributed by atoms with Gasteiger partial charge >= 0.3 is 0 Å². The van der Waals surface area contributed by atoms with E-state index < -0.39 is 29.2 Å². The highest BCUT2D eigenvalue weighted by atomic mass is 19.1. The number of carbonyl (C=O) groups excluding carboxylic acids is 3. The number of halogens is 2. The number of pyridine rings is 1. The minimum atomic E-state index is -0.982. The fourth-order valence-electron chi connectivity index (χ4n) is 9.68. The molecule has 0 spiro atoms. The van der Waals surface area contributed by atoms with Crippen LogP contribution >= 0.6 is 0 Å². The highest BCUT2D eigenvalue weighted by Crippen LogP contribution is 2.39. The van der Waals surface area contributed by atoms with Crippen LogP contribution in [0.4, 0.5) is 31.8 Å². The first-order chi connectivity index (χ1) is 30.0. The van der Waals surface area contributed by atoms with Crippen molar-refractivity contribution in [1.29, 1.82) is 0 Å². The van der Waals surface area contributed by atoms with E-state index in [9.17, 15) is 19.5 Å². The number of aromatic nitrogens is 4. The maximum Gasteiger partial charge on any atom is 0.255 e. The third-order valence-electron chi connectivity index (χ3n) is 13.4. The number of aryl methyl sites for hydroxylation is 1. The lowest BCUT2D eigenvalue weighted by molar-refractivity contribution is -0.136. The van der Waals surface area contributed by atoms with Crippen molar-refractivity contribution in [2.75, 3.05) is 54.8 Å². The molecule has 15 nitrogen and oxygen atoms in total. The second-order valence-electron chi connectivity index (χ2n) is 17.2. The summed E-state index contributed by atoms with van der Waals surface area (Å²) >= 11 is 0. The van der Waals surface area contributed by atoms with Crippen molar-refractivity contribution in [3.05, 3.63) is 94.9 Å². The second-order valence-corrected chi connectivity index (χ2v) is 17.2. The number of aliphatic hydroxyl groups is 1. The SMILES string of the molecule is CC[C@@]1(O)CCc2ccc(-n3cc(F)c4cnc(Nc5ccc(NCCNC6CCN(C7CN(c8cc9c(cc8F)C(=O)N(C8CCC(=O)NC8=O)C9)C7)CC6)cc5)nc43)nc21. The van der Waals surface area contributed by atoms with Crippen LogP contribution in [0.3, 0.4) is 0 Å². The van der Waals surface area contributed by atoms with Crippen molar-refractivity contribution in [1.82, 2.24) is 40.0 Å². The van der Waals surface area contributed by atoms with Gasteiger partial charge in [-0.15, -0.1) is 0 Å². The number of nitrogens with zero attached hydrogens (tertiary/aromatic N) is 7. The zero-order valence-corrected chi connectivity index (χ0v) is 34.5. The summed E-state index contributed by atoms with van der Waals surface area (Å²) in [6.45, 7) is 7.09. The predicted octanol–water partition coefficient (Wildman–Crippen LogP) is 4.50. The fraction of sp³-hybridized carbons (Fsp3) is 0.422. The summed E-state index contributed by atoms with van der Waals surface area (Å²) in [5.74, 6) is -1.26. The van der Waals surface area contributed by atoms with E-state index in [2.05, 4.69) is 36.1 Å². The number of piperidine rings is 2. The number of benzene rings is 2. The van der Waals surface area contributed by atoms with E-state index in [1.165, 1.54) is 23.4 Å². The van der Waals surface area contributed by atoms with Gasteiger partial charge in [-0.25, -0.2) is 18.7 Å². The monoisotopic (exact) mass is 845 g/mol. The zero-order chi connectivity index (χ0) is 42.7. The van der Waals surface area contributed by atoms with Gasteiger partial charge < -0.3 is 30.9 Å². The van der Waals surface area contributed by atoms with E-state index >= 15 is 8.78 Å². The molecule has 5 aliphatic rings. The van der Waals surface area contributed by atoms with Gasteiger partial charge in [0.05, 0.1) is 16.8 Å². The van der Waals surface area contributed by atoms with Crippen molar-refractivity contribution in [3.8, 4) is 5.82 Å². The Morgan fingerprint density at radius 2 is 1.71 bits per heavy atom. The van der Waals surface area contributed by atoms with Crippen molar-refractivity contribution >= 4 is 51.8 Å². The van der Waals surface area contributed by atoms with Crippen LogP contribution in [0.5, 0.6) is 0 Å². The molecule has 0 saturated carbocycles. The lowest BCUT2D eigenvalue weighted by Gasteiger charge is -2.48. The summed E-state index contributed by atoms with van der Waals surface area (Å²) in [6, 6.07) is 14.7. The molecule has 5 N–H and O–H groups in total. The van der Waals surface area contributed by atoms with Crippen LogP contribution in [0.2, 0.25) is 0 Å². The average molecular weight is 846 g/mol. The number of amides is 3. The van der Waals surface area contributed by atoms with Crippen molar-refractivity contribution in [2.45, 2.75) is 82.1 Å². The molecule has 0 radical (unpaired) electrons. The van der Waals surface area contributed by atoms with Gasteiger partial charge in [0, 0.05) is 93.6 Å². The molecule has 1 aliphatic carbocycles. The Hall–Kier alpha value is -6.04. The molecular weight excluding hydrogens is 797 g/mol. The molecule has 0 bridgehead atoms. The molecule has 10 rings (SSSR count). The average Bonchev–Trinajstić information content (AvgIpc) is 3.89. The van der Waals surface area contributed by atoms with Crippen LogP contribution in [0.25, 0.3) is 16.9 Å². The van der Waals surface area contributed by atoms with Gasteiger partial charge in [-0.2, -0.15) is 4.98 Å². The number of carbonyl (C=O) groups is 3. The summed E-state index contributed by atoms with van der Waals surface area (Å²) in [7, 11) is 0. The summed E-state index contributed by atoms with van der Waals surface area (Å²) < 4.78 is 31.9. The largest absolute Gasteiger partial charge is 0.384 e. The van der Waals surface area contributed by atoms with Crippen molar-refractivity contribution in [2.24, 2.45) is 0 Å². The Labute approximate surface area is 356 Å². The Morgan fingerprint density at radius 3 is 2.48 bits per heavy atom. The molecule has 7 heterocycles. The topological polar surface area (TPSA) is 173 Å². The Morgan fingerprint density at radius 1 is 0.919 bits per heavy atom. The van der Waals surface area contributed by atoms with Gasteiger partial charge in [-0.05, 0) is 92.1 Å². The summed E-state index contributed by atoms with van der Waals surface area (Å²) in [4.78, 5) is 56.8. The first-order valence-electron chi connectivity index (χ1n) is 21.6. The first-order valence-corrected chi connectivity index (χ1v) is 21.6. The van der Waals surface area contributed by atoms with E-state index in [0.717, 1.165) is 62.4 Å². The standard InChI is InChI=1S/C45H49F2N11O4/c1-2-45(62)14-11-26-3-9-38(52-40(26)45)58-25-35(47)33-21-50-44(54-41(33)58)51-30-6-4-28(5-7-30)48-15-16-49-29-12-17-55(18-13-29)31-23-56(24-31)37-19-27-22-57(43(61)32(27)20-34(37)46)36-8-10-39(59)53-42(36)60/h3-7,9,19-21,25,29,31,36,48-49,62H,2,8,10-18,22-24H2,1H3,(H,50,51,54)(H,53,59,60)/t36?,45-/m1/s1. The first kappa shape index (κ1) is 40.1. The van der Waals surface area contributed by atoms with Gasteiger partial charge in [0.1, 0.15) is 23.3 Å². The summed E-state index contributed by atoms with van der Waals surface area (Å²) in [6.07, 6.45) is 7.26. The third kappa shape index (κ3) is 7.41. The third-order valence-corrected chi connectivity index (χ3v) is 13.4. The van der Waals surface area contributed by atoms with Crippen LogP contribution in [-0.2, 0) is 28.2 Å². The predicted molar refractivity (Wildman–Crippen MR) is 228 cm³/mol. The van der Waals surface area contributed by atoms with Gasteiger partial charge in [-0.1, -0.05) is 13.0 Å². The molecule has 322 valence electrons. The molecule has 3 amide bonds. The van der Waals surface area contributed by atoms with E-state index in [1.807, 2.05) is 48.2 Å². The minimum absolute atomic E-state index is 0.175. The highest BCUT2D eigenvalue weighted by Gasteiger charge is 2.41. The number of hydrogen-bond acceptors (Lipinski definition) is 12. The van der Waals surface area contributed by atoms with Crippen LogP contribution < -0.4 is 26.2 Å². The molecule has 3 aromatic heterocycles. The smallest absolute Gasteiger partial charge is 0.255 e. The molecule has 2 aromatic carbocycles. The molecule has 3 saturated heterocycles. The maximum absolute atomic E-state index is 15.3. The van der Waals surface area contributed by atoms with Gasteiger partial charge in [0.15, 0.2) is 11.5 Å². The number of fused-ring (bicyclic) bond motifs is 3. The zero-order valence-electron chi connectivity index (χ0n) is 34.5. The number of hydrogen-bond donors (Lipinski definition) is 5. The summed E-state index contributed by atoms with van der Waals surface area (Å²) in [5.41, 5.74) is 4.29. The molecule has 5 aromatic rings. The molecule has 62 heavy (non-hydrogen) atoms. The number of rotatable bonds is 12. The lowest BCUT2D eigenvalue weighted by atomic mass is 9.98. The molecular formula is C45H49F2N11O4. The lowest BCUT2D eigenvalue weighted by Crippen LogP contribution is -2.62. The molecule has 2 atom stereocenters. The van der Waals surface area contributed by atoms with Crippen LogP contribution in [0.15, 0.2) is 60.9 Å². The highest BCUT2D eigenvalue weighted by molar-refractivity contribution is 6.05. The van der Waals surface area contributed by atoms with E-state index in [-0.39, 0.29) is 42.2 Å². The maximum atomic E-state index is 15.3. The number of nitrogens with one attached hydrogen (secondary N) is 4. The van der Waals surface area contributed by atoms with E-state index in [0.29, 0.717) is 72.4 Å². The molecule has 1 unspecified atom stereocenters. The molecule has 4 aliphatic heterocycles. The van der Waals surface area contributed by atoms with Crippen molar-refractivity contribution in [3.63, 3.8) is 0 Å². The Kier molecular flexibility index (Phi) is 10.3. The number of imide groups is 1. The van der Waals surface area contributed by atoms with Gasteiger partial charge in [-0.3, -0.25) is 29.2 Å². The fourth-order valence-corrected chi connectivity index (χ4v) is 9.68. The van der Waals surface area contributed by atoms with Gasteiger partial charge in [0.2, 0.25) is 17.8 Å². The Bertz CT molecular complexity index is 2570. The van der Waals surface area contributed by atoms with Crippen molar-refractivity contribution < 1.29 is 28.3 Å². The van der Waals surface area contributed by atoms with E-state index in [4.69, 9.17) is 4.98 Å². The van der Waals surface area contributed by atoms with Crippen LogP contribution in [-0.4, -0.2) is 110 Å². The second kappa shape index (κ2) is 16.0. The van der Waals surface area contributed by atoms with Crippen LogP contribution in [0.1, 0.15) is 72.6 Å². The van der Waals surface area contributed by atoms with Crippen LogP contribution in [0, 0.1) is 11.6 Å².